The summed E-state index contributed by atoms with van der Waals surface area (Å²) < 4.78 is 5.21. The lowest BCUT2D eigenvalue weighted by molar-refractivity contribution is 0.460. The van der Waals surface area contributed by atoms with Crippen molar-refractivity contribution in [2.24, 2.45) is 12.0 Å². The standard InChI is InChI=1S/C17H27BrN6.HI/c1-5-19-17(20-7-6-8-24-11-14(2)10-21-24)23(4)13-16-9-15(18)12-22(16)3;/h9-12H,5-8,13H2,1-4H3,(H,19,20);1H. The molecule has 140 valence electrons. The van der Waals surface area contributed by atoms with Gasteiger partial charge in [-0.3, -0.25) is 9.67 Å². The van der Waals surface area contributed by atoms with Crippen LogP contribution in [0.1, 0.15) is 24.6 Å². The highest BCUT2D eigenvalue weighted by molar-refractivity contribution is 14.0. The highest BCUT2D eigenvalue weighted by atomic mass is 127. The first-order valence-electron chi connectivity index (χ1n) is 8.29. The van der Waals surface area contributed by atoms with Crippen LogP contribution in [-0.2, 0) is 20.1 Å². The van der Waals surface area contributed by atoms with E-state index in [9.17, 15) is 0 Å². The van der Waals surface area contributed by atoms with Gasteiger partial charge in [-0.25, -0.2) is 0 Å². The molecule has 0 atom stereocenters. The molecule has 1 N–H and O–H groups in total. The van der Waals surface area contributed by atoms with Gasteiger partial charge in [0.1, 0.15) is 0 Å². The van der Waals surface area contributed by atoms with Gasteiger partial charge in [-0.15, -0.1) is 24.0 Å². The zero-order chi connectivity index (χ0) is 17.5. The van der Waals surface area contributed by atoms with E-state index in [2.05, 4.69) is 82.2 Å². The molecule has 0 aliphatic heterocycles. The molecule has 0 radical (unpaired) electrons. The molecule has 2 heterocycles. The Morgan fingerprint density at radius 2 is 2.16 bits per heavy atom. The average Bonchev–Trinajstić information content (AvgIpc) is 3.07. The first-order valence-corrected chi connectivity index (χ1v) is 9.08. The van der Waals surface area contributed by atoms with Crippen LogP contribution in [0.2, 0.25) is 0 Å². The Balaban J connectivity index is 0.00000312. The molecule has 0 saturated heterocycles. The molecule has 0 spiro atoms. The van der Waals surface area contributed by atoms with Crippen LogP contribution in [0.3, 0.4) is 0 Å². The Morgan fingerprint density at radius 3 is 2.72 bits per heavy atom. The number of aryl methyl sites for hydroxylation is 3. The van der Waals surface area contributed by atoms with E-state index in [1.807, 2.05) is 10.9 Å². The summed E-state index contributed by atoms with van der Waals surface area (Å²) in [7, 11) is 4.13. The molecule has 0 amide bonds. The van der Waals surface area contributed by atoms with Crippen LogP contribution in [0.4, 0.5) is 0 Å². The van der Waals surface area contributed by atoms with E-state index in [0.717, 1.165) is 43.0 Å². The summed E-state index contributed by atoms with van der Waals surface area (Å²) in [4.78, 5) is 6.89. The van der Waals surface area contributed by atoms with Crippen LogP contribution in [0.5, 0.6) is 0 Å². The largest absolute Gasteiger partial charge is 0.357 e. The summed E-state index contributed by atoms with van der Waals surface area (Å²) >= 11 is 3.52. The lowest BCUT2D eigenvalue weighted by atomic mass is 10.4. The predicted molar refractivity (Wildman–Crippen MR) is 118 cm³/mol. The maximum atomic E-state index is 4.74. The molecule has 8 heteroatoms. The fourth-order valence-corrected chi connectivity index (χ4v) is 3.09. The van der Waals surface area contributed by atoms with E-state index in [1.165, 1.54) is 11.3 Å². The van der Waals surface area contributed by atoms with Crippen LogP contribution >= 0.6 is 39.9 Å². The second-order valence-corrected chi connectivity index (χ2v) is 6.90. The molecule has 0 bridgehead atoms. The van der Waals surface area contributed by atoms with Crippen molar-refractivity contribution in [3.8, 4) is 0 Å². The van der Waals surface area contributed by atoms with Gasteiger partial charge in [0.25, 0.3) is 0 Å². The quantitative estimate of drug-likeness (QED) is 0.262. The minimum atomic E-state index is 0. The number of rotatable bonds is 7. The maximum absolute atomic E-state index is 4.74. The van der Waals surface area contributed by atoms with Gasteiger partial charge in [-0.1, -0.05) is 0 Å². The van der Waals surface area contributed by atoms with Gasteiger partial charge >= 0.3 is 0 Å². The fraction of sp³-hybridized carbons (Fsp3) is 0.529. The Kier molecular flexibility index (Phi) is 9.55. The summed E-state index contributed by atoms with van der Waals surface area (Å²) in [5.74, 6) is 0.937. The minimum absolute atomic E-state index is 0. The van der Waals surface area contributed by atoms with Crippen molar-refractivity contribution in [3.05, 3.63) is 40.4 Å². The fourth-order valence-electron chi connectivity index (χ4n) is 2.52. The first-order chi connectivity index (χ1) is 11.5. The molecule has 2 rings (SSSR count). The lowest BCUT2D eigenvalue weighted by Gasteiger charge is -2.22. The third-order valence-corrected chi connectivity index (χ3v) is 4.17. The zero-order valence-corrected chi connectivity index (χ0v) is 19.3. The van der Waals surface area contributed by atoms with Gasteiger partial charge in [0.2, 0.25) is 0 Å². The highest BCUT2D eigenvalue weighted by Crippen LogP contribution is 2.15. The monoisotopic (exact) mass is 522 g/mol. The molecule has 25 heavy (non-hydrogen) atoms. The number of hydrogen-bond acceptors (Lipinski definition) is 2. The van der Waals surface area contributed by atoms with E-state index >= 15 is 0 Å². The molecule has 6 nitrogen and oxygen atoms in total. The van der Waals surface area contributed by atoms with Crippen molar-refractivity contribution >= 4 is 45.9 Å². The van der Waals surface area contributed by atoms with E-state index < -0.39 is 0 Å². The van der Waals surface area contributed by atoms with Crippen molar-refractivity contribution in [2.75, 3.05) is 20.1 Å². The predicted octanol–water partition coefficient (Wildman–Crippen LogP) is 3.40. The summed E-state index contributed by atoms with van der Waals surface area (Å²) in [5, 5.41) is 7.67. The van der Waals surface area contributed by atoms with Crippen molar-refractivity contribution in [2.45, 2.75) is 33.4 Å². The van der Waals surface area contributed by atoms with Gasteiger partial charge in [0.15, 0.2) is 5.96 Å². The molecule has 0 fully saturated rings. The minimum Gasteiger partial charge on any atom is -0.357 e. The average molecular weight is 523 g/mol. The van der Waals surface area contributed by atoms with Crippen molar-refractivity contribution in [1.82, 2.24) is 24.6 Å². The van der Waals surface area contributed by atoms with Gasteiger partial charge in [0, 0.05) is 56.3 Å². The van der Waals surface area contributed by atoms with Crippen molar-refractivity contribution < 1.29 is 0 Å². The van der Waals surface area contributed by atoms with Gasteiger partial charge in [-0.05, 0) is 47.8 Å². The zero-order valence-electron chi connectivity index (χ0n) is 15.4. The van der Waals surface area contributed by atoms with Gasteiger partial charge in [0.05, 0.1) is 12.7 Å². The van der Waals surface area contributed by atoms with Crippen LogP contribution in [0, 0.1) is 6.92 Å². The second-order valence-electron chi connectivity index (χ2n) is 5.99. The van der Waals surface area contributed by atoms with E-state index in [-0.39, 0.29) is 24.0 Å². The van der Waals surface area contributed by atoms with E-state index in [0.29, 0.717) is 0 Å². The number of guanidine groups is 1. The Morgan fingerprint density at radius 1 is 1.40 bits per heavy atom. The van der Waals surface area contributed by atoms with E-state index in [1.54, 1.807) is 0 Å². The molecule has 0 aromatic carbocycles. The van der Waals surface area contributed by atoms with Gasteiger partial charge < -0.3 is 14.8 Å². The molecular weight excluding hydrogens is 495 g/mol. The second kappa shape index (κ2) is 10.8. The number of aromatic nitrogens is 3. The number of halogens is 2. The normalized spacial score (nSPS) is 11.3. The third kappa shape index (κ3) is 7.01. The molecule has 2 aromatic rings. The maximum Gasteiger partial charge on any atom is 0.194 e. The summed E-state index contributed by atoms with van der Waals surface area (Å²) in [6, 6.07) is 2.14. The number of hydrogen-bond donors (Lipinski definition) is 1. The Labute approximate surface area is 175 Å². The topological polar surface area (TPSA) is 50.4 Å². The van der Waals surface area contributed by atoms with Crippen LogP contribution in [0.15, 0.2) is 34.1 Å². The smallest absolute Gasteiger partial charge is 0.194 e. The third-order valence-electron chi connectivity index (χ3n) is 3.74. The van der Waals surface area contributed by atoms with Crippen molar-refractivity contribution in [1.29, 1.82) is 0 Å². The van der Waals surface area contributed by atoms with Crippen molar-refractivity contribution in [3.63, 3.8) is 0 Å². The molecule has 2 aromatic heterocycles. The number of nitrogens with one attached hydrogen (secondary N) is 1. The highest BCUT2D eigenvalue weighted by Gasteiger charge is 2.09. The molecule has 0 unspecified atom stereocenters. The SMILES string of the molecule is CCNC(=NCCCn1cc(C)cn1)N(C)Cc1cc(Br)cn1C.I. The lowest BCUT2D eigenvalue weighted by Crippen LogP contribution is -2.39. The van der Waals surface area contributed by atoms with Crippen LogP contribution in [-0.4, -0.2) is 45.3 Å². The Hall–Kier alpha value is -1.03. The number of nitrogens with zero attached hydrogens (tertiary/aromatic N) is 5. The molecule has 0 aliphatic carbocycles. The molecule has 0 saturated carbocycles. The molecule has 0 aliphatic rings. The Bertz CT molecular complexity index is 678. The van der Waals surface area contributed by atoms with E-state index in [4.69, 9.17) is 4.99 Å². The molecular formula is C17H28BrIN6. The summed E-state index contributed by atoms with van der Waals surface area (Å²) in [5.41, 5.74) is 2.43. The summed E-state index contributed by atoms with van der Waals surface area (Å²) in [6.45, 7) is 7.50. The summed E-state index contributed by atoms with van der Waals surface area (Å²) in [6.07, 6.45) is 6.99. The van der Waals surface area contributed by atoms with Crippen LogP contribution in [0.25, 0.3) is 0 Å². The van der Waals surface area contributed by atoms with Gasteiger partial charge in [-0.2, -0.15) is 5.10 Å². The van der Waals surface area contributed by atoms with Crippen LogP contribution < -0.4 is 5.32 Å². The number of aliphatic imine (C=N–C) groups is 1. The first kappa shape index (κ1) is 22.0.